The number of nitrogens with zero attached hydrogens (tertiary/aromatic N) is 3. The summed E-state index contributed by atoms with van der Waals surface area (Å²) in [6.07, 6.45) is 3.23. The van der Waals surface area contributed by atoms with E-state index in [9.17, 15) is 0 Å². The van der Waals surface area contributed by atoms with E-state index in [2.05, 4.69) is 25.5 Å². The van der Waals surface area contributed by atoms with Crippen LogP contribution in [0.2, 0.25) is 0 Å². The van der Waals surface area contributed by atoms with Crippen LogP contribution in [0.5, 0.6) is 0 Å². The number of aromatic nitrogens is 4. The summed E-state index contributed by atoms with van der Waals surface area (Å²) in [4.78, 5) is 8.44. The summed E-state index contributed by atoms with van der Waals surface area (Å²) in [7, 11) is 0. The molecule has 0 atom stereocenters. The van der Waals surface area contributed by atoms with Crippen LogP contribution in [0.25, 0.3) is 22.2 Å². The van der Waals surface area contributed by atoms with Gasteiger partial charge in [0.1, 0.15) is 12.1 Å². The molecule has 19 heavy (non-hydrogen) atoms. The lowest BCUT2D eigenvalue weighted by molar-refractivity contribution is 0.311. The van der Waals surface area contributed by atoms with Crippen molar-refractivity contribution in [3.8, 4) is 11.3 Å². The molecule has 3 N–H and O–H groups in total. The minimum atomic E-state index is 0.0612. The van der Waals surface area contributed by atoms with E-state index >= 15 is 0 Å². The van der Waals surface area contributed by atoms with E-state index in [1.165, 1.54) is 6.33 Å². The van der Waals surface area contributed by atoms with Crippen molar-refractivity contribution in [2.75, 3.05) is 18.5 Å². The quantitative estimate of drug-likeness (QED) is 0.656. The topological polar surface area (TPSA) is 86.7 Å². The molecule has 0 fully saturated rings. The van der Waals surface area contributed by atoms with Gasteiger partial charge in [-0.1, -0.05) is 6.07 Å². The Kier molecular flexibility index (Phi) is 3.07. The Labute approximate surface area is 109 Å². The van der Waals surface area contributed by atoms with E-state index in [0.29, 0.717) is 6.54 Å². The van der Waals surface area contributed by atoms with Crippen LogP contribution in [0.4, 0.5) is 5.82 Å². The van der Waals surface area contributed by atoms with Crippen molar-refractivity contribution in [1.82, 2.24) is 20.2 Å². The number of aliphatic hydroxyl groups is 1. The summed E-state index contributed by atoms with van der Waals surface area (Å²) >= 11 is 0. The zero-order chi connectivity index (χ0) is 13.1. The van der Waals surface area contributed by atoms with Crippen LogP contribution in [0.1, 0.15) is 0 Å². The third kappa shape index (κ3) is 2.25. The number of hydrogen-bond donors (Lipinski definition) is 3. The Balaban J connectivity index is 2.09. The first-order valence-electron chi connectivity index (χ1n) is 5.98. The van der Waals surface area contributed by atoms with E-state index in [0.717, 1.165) is 28.0 Å². The van der Waals surface area contributed by atoms with Gasteiger partial charge >= 0.3 is 0 Å². The Morgan fingerprint density at radius 1 is 1.21 bits per heavy atom. The summed E-state index contributed by atoms with van der Waals surface area (Å²) in [5, 5.41) is 19.8. The zero-order valence-corrected chi connectivity index (χ0v) is 10.2. The average Bonchev–Trinajstić information content (AvgIpc) is 2.98. The summed E-state index contributed by atoms with van der Waals surface area (Å²) in [5.74, 6) is 0.723. The molecule has 6 nitrogen and oxygen atoms in total. The van der Waals surface area contributed by atoms with Crippen LogP contribution in [0.3, 0.4) is 0 Å². The molecule has 0 spiro atoms. The average molecular weight is 255 g/mol. The predicted molar refractivity (Wildman–Crippen MR) is 72.7 cm³/mol. The smallest absolute Gasteiger partial charge is 0.137 e. The van der Waals surface area contributed by atoms with E-state index in [1.54, 1.807) is 6.20 Å². The maximum absolute atomic E-state index is 8.89. The number of aliphatic hydroxyl groups excluding tert-OH is 1. The van der Waals surface area contributed by atoms with Gasteiger partial charge in [-0.2, -0.15) is 5.10 Å². The predicted octanol–water partition coefficient (Wildman–Crippen LogP) is 1.42. The van der Waals surface area contributed by atoms with Crippen LogP contribution in [-0.4, -0.2) is 38.4 Å². The van der Waals surface area contributed by atoms with Gasteiger partial charge in [0, 0.05) is 23.7 Å². The first kappa shape index (κ1) is 11.6. The molecule has 0 saturated carbocycles. The van der Waals surface area contributed by atoms with Crippen molar-refractivity contribution >= 4 is 16.7 Å². The maximum atomic E-state index is 8.89. The molecule has 0 unspecified atom stereocenters. The van der Waals surface area contributed by atoms with Crippen LogP contribution >= 0.6 is 0 Å². The number of rotatable bonds is 4. The Morgan fingerprint density at radius 2 is 2.16 bits per heavy atom. The Bertz CT molecular complexity index is 681. The molecule has 0 saturated heterocycles. The lowest BCUT2D eigenvalue weighted by atomic mass is 10.1. The number of anilines is 1. The summed E-state index contributed by atoms with van der Waals surface area (Å²) < 4.78 is 0. The van der Waals surface area contributed by atoms with Crippen LogP contribution in [-0.2, 0) is 0 Å². The molecular formula is C13H13N5O. The van der Waals surface area contributed by atoms with E-state index in [-0.39, 0.29) is 6.61 Å². The normalized spacial score (nSPS) is 10.8. The van der Waals surface area contributed by atoms with Gasteiger partial charge in [0.05, 0.1) is 17.8 Å². The highest BCUT2D eigenvalue weighted by atomic mass is 16.3. The standard InChI is InChI=1S/C13H13N5O/c19-6-5-14-13-10-7-9(11-3-4-17-18-11)1-2-12(10)15-8-16-13/h1-4,7-8,19H,5-6H2,(H,17,18)(H,14,15,16). The van der Waals surface area contributed by atoms with Gasteiger partial charge in [0.25, 0.3) is 0 Å². The van der Waals surface area contributed by atoms with Gasteiger partial charge in [-0.15, -0.1) is 0 Å². The molecule has 2 aromatic heterocycles. The molecule has 0 amide bonds. The minimum Gasteiger partial charge on any atom is -0.395 e. The number of aromatic amines is 1. The molecule has 96 valence electrons. The molecule has 0 aliphatic carbocycles. The molecule has 0 aliphatic heterocycles. The Hall–Kier alpha value is -2.47. The highest BCUT2D eigenvalue weighted by Gasteiger charge is 2.06. The van der Waals surface area contributed by atoms with E-state index < -0.39 is 0 Å². The fourth-order valence-corrected chi connectivity index (χ4v) is 1.96. The Morgan fingerprint density at radius 3 is 2.95 bits per heavy atom. The number of fused-ring (bicyclic) bond motifs is 1. The van der Waals surface area contributed by atoms with Crippen molar-refractivity contribution in [1.29, 1.82) is 0 Å². The van der Waals surface area contributed by atoms with Crippen molar-refractivity contribution in [3.63, 3.8) is 0 Å². The fraction of sp³-hybridized carbons (Fsp3) is 0.154. The van der Waals surface area contributed by atoms with Crippen molar-refractivity contribution < 1.29 is 5.11 Å². The minimum absolute atomic E-state index is 0.0612. The molecule has 0 aliphatic rings. The summed E-state index contributed by atoms with van der Waals surface area (Å²) in [6, 6.07) is 7.84. The monoisotopic (exact) mass is 255 g/mol. The fourth-order valence-electron chi connectivity index (χ4n) is 1.96. The van der Waals surface area contributed by atoms with Gasteiger partial charge in [-0.3, -0.25) is 5.10 Å². The zero-order valence-electron chi connectivity index (χ0n) is 10.2. The van der Waals surface area contributed by atoms with Crippen LogP contribution in [0.15, 0.2) is 36.8 Å². The van der Waals surface area contributed by atoms with Gasteiger partial charge in [0.15, 0.2) is 0 Å². The highest BCUT2D eigenvalue weighted by Crippen LogP contribution is 2.25. The number of benzene rings is 1. The van der Waals surface area contributed by atoms with Gasteiger partial charge in [-0.25, -0.2) is 9.97 Å². The first-order valence-corrected chi connectivity index (χ1v) is 5.98. The number of nitrogens with one attached hydrogen (secondary N) is 2. The SMILES string of the molecule is OCCNc1ncnc2ccc(-c3ccn[nH]3)cc12. The van der Waals surface area contributed by atoms with Crippen molar-refractivity contribution in [2.24, 2.45) is 0 Å². The lowest BCUT2D eigenvalue weighted by Crippen LogP contribution is -2.07. The van der Waals surface area contributed by atoms with E-state index in [1.807, 2.05) is 24.3 Å². The first-order chi connectivity index (χ1) is 9.38. The second-order valence-corrected chi connectivity index (χ2v) is 4.07. The molecule has 1 aromatic carbocycles. The molecule has 0 radical (unpaired) electrons. The summed E-state index contributed by atoms with van der Waals surface area (Å²) in [5.41, 5.74) is 2.82. The highest BCUT2D eigenvalue weighted by molar-refractivity contribution is 5.92. The number of hydrogen-bond acceptors (Lipinski definition) is 5. The maximum Gasteiger partial charge on any atom is 0.137 e. The molecule has 3 rings (SSSR count). The third-order valence-electron chi connectivity index (χ3n) is 2.85. The third-order valence-corrected chi connectivity index (χ3v) is 2.85. The van der Waals surface area contributed by atoms with Crippen LogP contribution < -0.4 is 5.32 Å². The molecular weight excluding hydrogens is 242 g/mol. The largest absolute Gasteiger partial charge is 0.395 e. The second kappa shape index (κ2) is 5.03. The van der Waals surface area contributed by atoms with Crippen LogP contribution in [0, 0.1) is 0 Å². The van der Waals surface area contributed by atoms with Crippen molar-refractivity contribution in [3.05, 3.63) is 36.8 Å². The lowest BCUT2D eigenvalue weighted by Gasteiger charge is -2.08. The molecule has 6 heteroatoms. The second-order valence-electron chi connectivity index (χ2n) is 4.07. The van der Waals surface area contributed by atoms with Gasteiger partial charge in [0.2, 0.25) is 0 Å². The van der Waals surface area contributed by atoms with Crippen molar-refractivity contribution in [2.45, 2.75) is 0 Å². The molecule has 0 bridgehead atoms. The number of H-pyrrole nitrogens is 1. The molecule has 3 aromatic rings. The van der Waals surface area contributed by atoms with E-state index in [4.69, 9.17) is 5.11 Å². The molecule has 2 heterocycles. The summed E-state index contributed by atoms with van der Waals surface area (Å²) in [6.45, 7) is 0.520. The van der Waals surface area contributed by atoms with Gasteiger partial charge < -0.3 is 10.4 Å². The van der Waals surface area contributed by atoms with Gasteiger partial charge in [-0.05, 0) is 18.2 Å².